The number of urea groups is 1. The number of hydrogen-bond acceptors (Lipinski definition) is 3. The fraction of sp³-hybridized carbons (Fsp3) is 0.227. The van der Waals surface area contributed by atoms with Crippen LogP contribution in [0.3, 0.4) is 0 Å². The minimum Gasteiger partial charge on any atom is -0.512 e. The summed E-state index contributed by atoms with van der Waals surface area (Å²) in [6.45, 7) is 7.39. The van der Waals surface area contributed by atoms with Crippen LogP contribution in [0.15, 0.2) is 65.4 Å². The first kappa shape index (κ1) is 21.7. The smallest absolute Gasteiger partial charge is 0.347 e. The molecule has 2 aromatic rings. The molecule has 0 bridgehead atoms. The molecule has 152 valence electrons. The van der Waals surface area contributed by atoms with Gasteiger partial charge < -0.3 is 21.5 Å². The number of aliphatic hydroxyl groups is 1. The van der Waals surface area contributed by atoms with Crippen molar-refractivity contribution in [1.82, 2.24) is 0 Å². The van der Waals surface area contributed by atoms with E-state index in [0.29, 0.717) is 16.9 Å². The summed E-state index contributed by atoms with van der Waals surface area (Å²) in [7, 11) is 0. The number of amidine groups is 1. The topological polar surface area (TPSA) is 117 Å². The minimum atomic E-state index is -0.670. The monoisotopic (exact) mass is 394 g/mol. The standard InChI is InChI=1S/C22H26N4O3/c1-14-5-7-15(8-6-14)20(28)24-16-9-11-17(12-10-16)25-21(29)26-19(23)13-18(27)22(2,3)4/h5-13,27H,1-4H3,(H,24,28)(H3,23,25,26,29)/b18-13-. The van der Waals surface area contributed by atoms with Crippen molar-refractivity contribution in [2.45, 2.75) is 27.7 Å². The highest BCUT2D eigenvalue weighted by Crippen LogP contribution is 2.22. The zero-order valence-corrected chi connectivity index (χ0v) is 17.0. The molecule has 0 radical (unpaired) electrons. The number of aryl methyl sites for hydroxylation is 1. The molecule has 0 saturated carbocycles. The molecule has 0 aliphatic rings. The van der Waals surface area contributed by atoms with E-state index in [4.69, 9.17) is 5.73 Å². The number of aliphatic hydroxyl groups excluding tert-OH is 1. The first-order chi connectivity index (χ1) is 13.5. The van der Waals surface area contributed by atoms with Crippen LogP contribution in [0.2, 0.25) is 0 Å². The third-order valence-corrected chi connectivity index (χ3v) is 3.99. The molecule has 0 aromatic heterocycles. The summed E-state index contributed by atoms with van der Waals surface area (Å²) >= 11 is 0. The van der Waals surface area contributed by atoms with E-state index >= 15 is 0 Å². The maximum atomic E-state index is 12.2. The number of anilines is 2. The molecule has 0 atom stereocenters. The van der Waals surface area contributed by atoms with Crippen molar-refractivity contribution in [3.8, 4) is 0 Å². The molecule has 0 unspecified atom stereocenters. The predicted molar refractivity (Wildman–Crippen MR) is 116 cm³/mol. The maximum Gasteiger partial charge on any atom is 0.347 e. The van der Waals surface area contributed by atoms with Crippen LogP contribution in [0, 0.1) is 12.3 Å². The van der Waals surface area contributed by atoms with Crippen molar-refractivity contribution < 1.29 is 14.7 Å². The average Bonchev–Trinajstić information content (AvgIpc) is 2.62. The summed E-state index contributed by atoms with van der Waals surface area (Å²) in [5, 5.41) is 15.3. The van der Waals surface area contributed by atoms with Gasteiger partial charge in [-0.25, -0.2) is 4.79 Å². The second-order valence-corrected chi connectivity index (χ2v) is 7.64. The van der Waals surface area contributed by atoms with Gasteiger partial charge in [0.05, 0.1) is 0 Å². The average molecular weight is 394 g/mol. The van der Waals surface area contributed by atoms with Crippen LogP contribution >= 0.6 is 0 Å². The third-order valence-electron chi connectivity index (χ3n) is 3.99. The van der Waals surface area contributed by atoms with Crippen molar-refractivity contribution in [2.24, 2.45) is 16.1 Å². The Morgan fingerprint density at radius 1 is 0.966 bits per heavy atom. The number of amides is 3. The van der Waals surface area contributed by atoms with Gasteiger partial charge in [-0.1, -0.05) is 38.5 Å². The van der Waals surface area contributed by atoms with Crippen LogP contribution in [0.25, 0.3) is 0 Å². The largest absolute Gasteiger partial charge is 0.512 e. The lowest BCUT2D eigenvalue weighted by Crippen LogP contribution is -2.18. The second-order valence-electron chi connectivity index (χ2n) is 7.64. The van der Waals surface area contributed by atoms with Crippen molar-refractivity contribution in [1.29, 1.82) is 0 Å². The van der Waals surface area contributed by atoms with E-state index in [-0.39, 0.29) is 17.5 Å². The Labute approximate surface area is 170 Å². The number of allylic oxidation sites excluding steroid dienone is 1. The van der Waals surface area contributed by atoms with E-state index < -0.39 is 11.4 Å². The van der Waals surface area contributed by atoms with Crippen molar-refractivity contribution in [3.63, 3.8) is 0 Å². The van der Waals surface area contributed by atoms with Gasteiger partial charge in [0.2, 0.25) is 0 Å². The first-order valence-corrected chi connectivity index (χ1v) is 9.09. The van der Waals surface area contributed by atoms with Gasteiger partial charge in [0.15, 0.2) is 0 Å². The molecule has 7 heteroatoms. The van der Waals surface area contributed by atoms with Crippen molar-refractivity contribution in [3.05, 3.63) is 71.5 Å². The summed E-state index contributed by atoms with van der Waals surface area (Å²) in [6, 6.07) is 13.2. The van der Waals surface area contributed by atoms with Gasteiger partial charge in [-0.15, -0.1) is 0 Å². The summed E-state index contributed by atoms with van der Waals surface area (Å²) in [4.78, 5) is 27.9. The highest BCUT2D eigenvalue weighted by atomic mass is 16.3. The van der Waals surface area contributed by atoms with Gasteiger partial charge in [-0.05, 0) is 43.3 Å². The highest BCUT2D eigenvalue weighted by Gasteiger charge is 2.16. The van der Waals surface area contributed by atoms with Gasteiger partial charge in [-0.2, -0.15) is 4.99 Å². The van der Waals surface area contributed by atoms with E-state index in [2.05, 4.69) is 15.6 Å². The second kappa shape index (κ2) is 9.05. The number of benzene rings is 2. The van der Waals surface area contributed by atoms with Crippen LogP contribution < -0.4 is 16.4 Å². The van der Waals surface area contributed by atoms with Crippen LogP contribution in [0.5, 0.6) is 0 Å². The number of nitrogens with two attached hydrogens (primary N) is 1. The Hall–Kier alpha value is -3.61. The quantitative estimate of drug-likeness (QED) is 0.344. The zero-order chi connectivity index (χ0) is 21.6. The Morgan fingerprint density at radius 2 is 1.48 bits per heavy atom. The molecule has 29 heavy (non-hydrogen) atoms. The molecular weight excluding hydrogens is 368 g/mol. The van der Waals surface area contributed by atoms with Crippen molar-refractivity contribution in [2.75, 3.05) is 10.6 Å². The SMILES string of the molecule is Cc1ccc(C(=O)Nc2ccc(NC(=O)/N=C(N)\C=C(/O)C(C)(C)C)cc2)cc1. The van der Waals surface area contributed by atoms with E-state index in [1.54, 1.807) is 36.4 Å². The van der Waals surface area contributed by atoms with Gasteiger partial charge in [0, 0.05) is 28.4 Å². The van der Waals surface area contributed by atoms with Crippen molar-refractivity contribution >= 4 is 29.1 Å². The van der Waals surface area contributed by atoms with Gasteiger partial charge in [-0.3, -0.25) is 4.79 Å². The summed E-state index contributed by atoms with van der Waals surface area (Å²) < 4.78 is 0. The first-order valence-electron chi connectivity index (χ1n) is 9.09. The number of rotatable bonds is 4. The molecule has 2 rings (SSSR count). The van der Waals surface area contributed by atoms with E-state index in [1.165, 1.54) is 6.08 Å². The van der Waals surface area contributed by atoms with E-state index in [0.717, 1.165) is 5.56 Å². The number of hydrogen-bond donors (Lipinski definition) is 4. The Bertz CT molecular complexity index is 938. The fourth-order valence-corrected chi connectivity index (χ4v) is 2.20. The zero-order valence-electron chi connectivity index (χ0n) is 17.0. The van der Waals surface area contributed by atoms with Crippen LogP contribution in [-0.4, -0.2) is 22.9 Å². The molecule has 0 heterocycles. The number of aliphatic imine (C=N–C) groups is 1. The minimum absolute atomic E-state index is 0.0280. The van der Waals surface area contributed by atoms with Gasteiger partial charge in [0.25, 0.3) is 5.91 Å². The Kier molecular flexibility index (Phi) is 6.77. The van der Waals surface area contributed by atoms with Crippen LogP contribution in [-0.2, 0) is 0 Å². The van der Waals surface area contributed by atoms with E-state index in [9.17, 15) is 14.7 Å². The third kappa shape index (κ3) is 6.80. The summed E-state index contributed by atoms with van der Waals surface area (Å²) in [5.74, 6) is -0.290. The molecule has 0 spiro atoms. The molecule has 0 aliphatic heterocycles. The maximum absolute atomic E-state index is 12.2. The Balaban J connectivity index is 1.98. The van der Waals surface area contributed by atoms with E-state index in [1.807, 2.05) is 39.8 Å². The number of nitrogens with one attached hydrogen (secondary N) is 2. The summed E-state index contributed by atoms with van der Waals surface area (Å²) in [6.07, 6.45) is 1.25. The van der Waals surface area contributed by atoms with Crippen LogP contribution in [0.4, 0.5) is 16.2 Å². The lowest BCUT2D eigenvalue weighted by atomic mass is 9.93. The molecule has 7 nitrogen and oxygen atoms in total. The molecule has 0 saturated heterocycles. The number of nitrogens with zero attached hydrogens (tertiary/aromatic N) is 1. The normalized spacial score (nSPS) is 12.4. The lowest BCUT2D eigenvalue weighted by Gasteiger charge is -2.16. The summed E-state index contributed by atoms with van der Waals surface area (Å²) in [5.41, 5.74) is 7.90. The van der Waals surface area contributed by atoms with Gasteiger partial charge in [0.1, 0.15) is 11.6 Å². The number of carbonyl (C=O) groups excluding carboxylic acids is 2. The predicted octanol–water partition coefficient (Wildman–Crippen LogP) is 4.62. The van der Waals surface area contributed by atoms with Crippen LogP contribution in [0.1, 0.15) is 36.7 Å². The molecule has 5 N–H and O–H groups in total. The highest BCUT2D eigenvalue weighted by molar-refractivity contribution is 6.05. The molecule has 2 aromatic carbocycles. The molecular formula is C22H26N4O3. The Morgan fingerprint density at radius 3 is 2.00 bits per heavy atom. The lowest BCUT2D eigenvalue weighted by molar-refractivity contribution is 0.102. The number of carbonyl (C=O) groups is 2. The molecule has 0 fully saturated rings. The fourth-order valence-electron chi connectivity index (χ4n) is 2.20. The molecule has 0 aliphatic carbocycles. The molecule has 3 amide bonds. The van der Waals surface area contributed by atoms with Gasteiger partial charge >= 0.3 is 6.03 Å².